The van der Waals surface area contributed by atoms with Crippen molar-refractivity contribution in [1.82, 2.24) is 0 Å². The molecule has 0 aliphatic rings. The number of benzene rings is 1. The molecule has 0 saturated heterocycles. The molecule has 0 amide bonds. The summed E-state index contributed by atoms with van der Waals surface area (Å²) in [5, 5.41) is 4.06. The summed E-state index contributed by atoms with van der Waals surface area (Å²) in [6.07, 6.45) is 1.67. The van der Waals surface area contributed by atoms with E-state index in [1.807, 2.05) is 12.1 Å². The topological polar surface area (TPSA) is 49.3 Å². The van der Waals surface area contributed by atoms with Crippen LogP contribution >= 0.6 is 0 Å². The molecule has 1 aromatic carbocycles. The molecule has 5 nitrogen and oxygen atoms in total. The third-order valence-electron chi connectivity index (χ3n) is 2.42. The van der Waals surface area contributed by atoms with Crippen LogP contribution in [0, 0.1) is 0 Å². The average Bonchev–Trinajstić information content (AvgIpc) is 2.36. The third kappa shape index (κ3) is 6.11. The highest BCUT2D eigenvalue weighted by Crippen LogP contribution is 2.39. The standard InChI is InChI=1S/C15H27NO4Si2/c1-17-13-9-12(11-16-20-22(6,7)8)10-14(18-2)15(13)19-21(3,4)5/h9-11H,1-8H3. The maximum absolute atomic E-state index is 6.08. The summed E-state index contributed by atoms with van der Waals surface area (Å²) in [4.78, 5) is 0. The van der Waals surface area contributed by atoms with Crippen molar-refractivity contribution in [2.24, 2.45) is 5.16 Å². The van der Waals surface area contributed by atoms with E-state index < -0.39 is 16.6 Å². The van der Waals surface area contributed by atoms with Gasteiger partial charge >= 0.3 is 0 Å². The number of nitrogens with zero attached hydrogens (tertiary/aromatic N) is 1. The highest BCUT2D eigenvalue weighted by molar-refractivity contribution is 6.70. The highest BCUT2D eigenvalue weighted by atomic mass is 28.4. The smallest absolute Gasteiger partial charge is 0.278 e. The molecule has 0 aliphatic heterocycles. The summed E-state index contributed by atoms with van der Waals surface area (Å²) in [5.41, 5.74) is 0.842. The first kappa shape index (κ1) is 18.6. The van der Waals surface area contributed by atoms with E-state index in [0.29, 0.717) is 17.2 Å². The van der Waals surface area contributed by atoms with E-state index >= 15 is 0 Å². The summed E-state index contributed by atoms with van der Waals surface area (Å²) in [6, 6.07) is 3.74. The Hall–Kier alpha value is -1.48. The van der Waals surface area contributed by atoms with E-state index in [1.54, 1.807) is 20.4 Å². The predicted molar refractivity (Wildman–Crippen MR) is 95.5 cm³/mol. The Labute approximate surface area is 135 Å². The summed E-state index contributed by atoms with van der Waals surface area (Å²) in [5.74, 6) is 1.92. The normalized spacial score (nSPS) is 12.4. The second-order valence-electron chi connectivity index (χ2n) is 6.91. The predicted octanol–water partition coefficient (Wildman–Crippen LogP) is 4.10. The molecule has 0 saturated carbocycles. The fourth-order valence-corrected chi connectivity index (χ4v) is 2.81. The van der Waals surface area contributed by atoms with Gasteiger partial charge in [0.2, 0.25) is 8.32 Å². The van der Waals surface area contributed by atoms with Crippen LogP contribution in [0.2, 0.25) is 39.3 Å². The number of rotatable bonds is 7. The molecule has 124 valence electrons. The summed E-state index contributed by atoms with van der Waals surface area (Å²) in [7, 11) is -0.218. The van der Waals surface area contributed by atoms with Crippen LogP contribution < -0.4 is 13.9 Å². The number of methoxy groups -OCH3 is 2. The average molecular weight is 342 g/mol. The first-order valence-corrected chi connectivity index (χ1v) is 14.0. The van der Waals surface area contributed by atoms with Gasteiger partial charge in [0.1, 0.15) is 0 Å². The Morgan fingerprint density at radius 2 is 1.36 bits per heavy atom. The van der Waals surface area contributed by atoms with Gasteiger partial charge in [0, 0.05) is 5.56 Å². The first-order chi connectivity index (χ1) is 10.1. The largest absolute Gasteiger partial charge is 0.539 e. The lowest BCUT2D eigenvalue weighted by Gasteiger charge is -2.23. The molecule has 0 aliphatic carbocycles. The zero-order chi connectivity index (χ0) is 17.0. The zero-order valence-corrected chi connectivity index (χ0v) is 16.8. The Kier molecular flexibility index (Phi) is 6.07. The van der Waals surface area contributed by atoms with Crippen LogP contribution in [-0.2, 0) is 4.53 Å². The Morgan fingerprint density at radius 1 is 0.864 bits per heavy atom. The van der Waals surface area contributed by atoms with E-state index in [9.17, 15) is 0 Å². The minimum absolute atomic E-state index is 0.635. The summed E-state index contributed by atoms with van der Waals surface area (Å²) >= 11 is 0. The molecule has 1 rings (SSSR count). The summed E-state index contributed by atoms with van der Waals surface area (Å²) in [6.45, 7) is 12.6. The molecule has 0 aromatic heterocycles. The fraction of sp³-hybridized carbons (Fsp3) is 0.533. The molecule has 0 unspecified atom stereocenters. The molecular formula is C15H27NO4Si2. The van der Waals surface area contributed by atoms with Gasteiger partial charge in [-0.15, -0.1) is 5.16 Å². The summed E-state index contributed by atoms with van der Waals surface area (Å²) < 4.78 is 22.5. The minimum Gasteiger partial charge on any atom is -0.539 e. The van der Waals surface area contributed by atoms with Crippen LogP contribution in [0.15, 0.2) is 17.3 Å². The zero-order valence-electron chi connectivity index (χ0n) is 14.8. The maximum Gasteiger partial charge on any atom is 0.278 e. The number of hydrogen-bond donors (Lipinski definition) is 0. The van der Waals surface area contributed by atoms with Crippen molar-refractivity contribution in [2.45, 2.75) is 39.3 Å². The van der Waals surface area contributed by atoms with Gasteiger partial charge < -0.3 is 18.4 Å². The lowest BCUT2D eigenvalue weighted by atomic mass is 10.2. The van der Waals surface area contributed by atoms with Gasteiger partial charge in [-0.2, -0.15) is 0 Å². The molecule has 0 spiro atoms. The van der Waals surface area contributed by atoms with Crippen molar-refractivity contribution in [2.75, 3.05) is 14.2 Å². The SMILES string of the molecule is COc1cc(C=NO[Si](C)(C)C)cc(OC)c1O[Si](C)(C)C. The molecule has 0 bridgehead atoms. The van der Waals surface area contributed by atoms with Crippen molar-refractivity contribution in [3.05, 3.63) is 17.7 Å². The minimum atomic E-state index is -1.77. The van der Waals surface area contributed by atoms with Crippen molar-refractivity contribution >= 4 is 22.8 Å². The molecule has 0 fully saturated rings. The van der Waals surface area contributed by atoms with Crippen LogP contribution in [0.1, 0.15) is 5.56 Å². The van der Waals surface area contributed by atoms with Gasteiger partial charge in [-0.25, -0.2) is 0 Å². The van der Waals surface area contributed by atoms with Gasteiger partial charge in [-0.1, -0.05) is 0 Å². The molecule has 7 heteroatoms. The number of oxime groups is 1. The van der Waals surface area contributed by atoms with E-state index in [4.69, 9.17) is 18.4 Å². The molecule has 0 N–H and O–H groups in total. The second-order valence-corrected chi connectivity index (χ2v) is 15.7. The first-order valence-electron chi connectivity index (χ1n) is 7.22. The van der Waals surface area contributed by atoms with Crippen LogP contribution in [0.5, 0.6) is 17.2 Å². The Morgan fingerprint density at radius 3 is 1.73 bits per heavy atom. The molecule has 22 heavy (non-hydrogen) atoms. The molecule has 0 heterocycles. The van der Waals surface area contributed by atoms with Crippen LogP contribution in [0.3, 0.4) is 0 Å². The lowest BCUT2D eigenvalue weighted by Crippen LogP contribution is -2.29. The van der Waals surface area contributed by atoms with E-state index in [2.05, 4.69) is 44.4 Å². The molecular weight excluding hydrogens is 314 g/mol. The van der Waals surface area contributed by atoms with Crippen LogP contribution in [0.4, 0.5) is 0 Å². The third-order valence-corrected chi connectivity index (χ3v) is 3.89. The van der Waals surface area contributed by atoms with E-state index in [0.717, 1.165) is 5.56 Å². The van der Waals surface area contributed by atoms with E-state index in [1.165, 1.54) is 0 Å². The van der Waals surface area contributed by atoms with Crippen LogP contribution in [0.25, 0.3) is 0 Å². The monoisotopic (exact) mass is 341 g/mol. The molecule has 0 radical (unpaired) electrons. The Balaban J connectivity index is 3.14. The van der Waals surface area contributed by atoms with Gasteiger partial charge in [0.05, 0.1) is 20.4 Å². The van der Waals surface area contributed by atoms with Crippen molar-refractivity contribution in [1.29, 1.82) is 0 Å². The van der Waals surface area contributed by atoms with Crippen molar-refractivity contribution in [3.8, 4) is 17.2 Å². The second kappa shape index (κ2) is 7.19. The molecule has 1 aromatic rings. The van der Waals surface area contributed by atoms with Gasteiger partial charge in [0.25, 0.3) is 8.32 Å². The number of hydrogen-bond acceptors (Lipinski definition) is 5. The Bertz CT molecular complexity index is 508. The maximum atomic E-state index is 6.08. The molecule has 0 atom stereocenters. The van der Waals surface area contributed by atoms with Gasteiger partial charge in [-0.05, 0) is 51.4 Å². The van der Waals surface area contributed by atoms with Crippen molar-refractivity contribution in [3.63, 3.8) is 0 Å². The number of ether oxygens (including phenoxy) is 2. The van der Waals surface area contributed by atoms with Crippen molar-refractivity contribution < 1.29 is 18.4 Å². The fourth-order valence-electron chi connectivity index (χ4n) is 1.63. The quantitative estimate of drug-likeness (QED) is 0.425. The van der Waals surface area contributed by atoms with Crippen LogP contribution in [-0.4, -0.2) is 37.1 Å². The van der Waals surface area contributed by atoms with Gasteiger partial charge in [0.15, 0.2) is 17.2 Å². The van der Waals surface area contributed by atoms with E-state index in [-0.39, 0.29) is 0 Å². The lowest BCUT2D eigenvalue weighted by molar-refractivity contribution is 0.337. The highest BCUT2D eigenvalue weighted by Gasteiger charge is 2.23. The van der Waals surface area contributed by atoms with Gasteiger partial charge in [-0.3, -0.25) is 0 Å².